The molecule has 2 aromatic heterocycles. The first kappa shape index (κ1) is 15.7. The van der Waals surface area contributed by atoms with E-state index >= 15 is 0 Å². The lowest BCUT2D eigenvalue weighted by Crippen LogP contribution is -2.05. The largest absolute Gasteiger partial charge is 0.464 e. The molecule has 4 rings (SSSR count). The predicted molar refractivity (Wildman–Crippen MR) is 100 cm³/mol. The number of hydrogen-bond donors (Lipinski definition) is 1. The molecule has 4 aromatic rings. The maximum absolute atomic E-state index is 12.1. The fourth-order valence-corrected chi connectivity index (χ4v) is 3.22. The van der Waals surface area contributed by atoms with Crippen LogP contribution in [0.25, 0.3) is 33.1 Å². The zero-order chi connectivity index (χ0) is 17.6. The SMILES string of the molecule is COC(=O)c1cc2c([nH]c3c(C)cccc32)c(-c2ccc(Cl)cc2)n1. The van der Waals surface area contributed by atoms with E-state index < -0.39 is 5.97 Å². The van der Waals surface area contributed by atoms with Crippen molar-refractivity contribution in [3.05, 3.63) is 64.8 Å². The van der Waals surface area contributed by atoms with Gasteiger partial charge in [-0.3, -0.25) is 0 Å². The van der Waals surface area contributed by atoms with Gasteiger partial charge in [0.15, 0.2) is 0 Å². The second-order valence-corrected chi connectivity index (χ2v) is 6.34. The zero-order valence-electron chi connectivity index (χ0n) is 13.8. The molecule has 0 bridgehead atoms. The van der Waals surface area contributed by atoms with Crippen molar-refractivity contribution in [2.24, 2.45) is 0 Å². The van der Waals surface area contributed by atoms with Crippen LogP contribution in [0.3, 0.4) is 0 Å². The van der Waals surface area contributed by atoms with Crippen molar-refractivity contribution in [2.75, 3.05) is 7.11 Å². The topological polar surface area (TPSA) is 55.0 Å². The normalized spacial score (nSPS) is 11.2. The minimum Gasteiger partial charge on any atom is -0.464 e. The number of halogens is 1. The van der Waals surface area contributed by atoms with E-state index in [9.17, 15) is 4.79 Å². The predicted octanol–water partition coefficient (Wildman–Crippen LogP) is 5.13. The summed E-state index contributed by atoms with van der Waals surface area (Å²) in [5.41, 5.74) is 4.92. The molecule has 0 aliphatic heterocycles. The van der Waals surface area contributed by atoms with Crippen LogP contribution in [-0.2, 0) is 4.74 Å². The molecule has 5 heteroatoms. The number of nitrogens with zero attached hydrogens (tertiary/aromatic N) is 1. The third kappa shape index (κ3) is 2.55. The Morgan fingerprint density at radius 3 is 2.56 bits per heavy atom. The molecule has 4 nitrogen and oxygen atoms in total. The number of fused-ring (bicyclic) bond motifs is 3. The van der Waals surface area contributed by atoms with E-state index in [1.165, 1.54) is 7.11 Å². The van der Waals surface area contributed by atoms with E-state index in [-0.39, 0.29) is 5.69 Å². The van der Waals surface area contributed by atoms with Gasteiger partial charge in [-0.1, -0.05) is 41.9 Å². The highest BCUT2D eigenvalue weighted by Crippen LogP contribution is 2.34. The number of aromatic amines is 1. The summed E-state index contributed by atoms with van der Waals surface area (Å²) >= 11 is 6.00. The first-order chi connectivity index (χ1) is 12.1. The number of hydrogen-bond acceptors (Lipinski definition) is 3. The number of pyridine rings is 1. The average molecular weight is 351 g/mol. The Bertz CT molecular complexity index is 1110. The fourth-order valence-electron chi connectivity index (χ4n) is 3.09. The number of benzene rings is 2. The minimum absolute atomic E-state index is 0.280. The van der Waals surface area contributed by atoms with Gasteiger partial charge in [-0.2, -0.15) is 0 Å². The first-order valence-electron chi connectivity index (χ1n) is 7.85. The van der Waals surface area contributed by atoms with Gasteiger partial charge in [-0.15, -0.1) is 0 Å². The second kappa shape index (κ2) is 5.90. The van der Waals surface area contributed by atoms with Crippen molar-refractivity contribution < 1.29 is 9.53 Å². The van der Waals surface area contributed by atoms with Gasteiger partial charge in [-0.25, -0.2) is 9.78 Å². The number of para-hydroxylation sites is 1. The van der Waals surface area contributed by atoms with Gasteiger partial charge in [0.1, 0.15) is 5.69 Å². The standard InChI is InChI=1S/C20H15ClN2O2/c1-11-4-3-5-14-15-10-16(20(24)25-2)22-18(19(15)23-17(11)14)12-6-8-13(21)9-7-12/h3-10,23H,1-2H3. The van der Waals surface area contributed by atoms with Crippen LogP contribution in [-0.4, -0.2) is 23.0 Å². The quantitative estimate of drug-likeness (QED) is 0.510. The van der Waals surface area contributed by atoms with Gasteiger partial charge in [0.25, 0.3) is 0 Å². The lowest BCUT2D eigenvalue weighted by Gasteiger charge is -2.06. The number of carbonyl (C=O) groups is 1. The van der Waals surface area contributed by atoms with Crippen LogP contribution in [0.15, 0.2) is 48.5 Å². The van der Waals surface area contributed by atoms with E-state index in [4.69, 9.17) is 16.3 Å². The lowest BCUT2D eigenvalue weighted by molar-refractivity contribution is 0.0594. The van der Waals surface area contributed by atoms with E-state index in [0.717, 1.165) is 32.9 Å². The molecule has 0 aliphatic carbocycles. The third-order valence-electron chi connectivity index (χ3n) is 4.34. The van der Waals surface area contributed by atoms with Crippen molar-refractivity contribution >= 4 is 39.4 Å². The number of esters is 1. The highest BCUT2D eigenvalue weighted by atomic mass is 35.5. The summed E-state index contributed by atoms with van der Waals surface area (Å²) in [6.45, 7) is 2.05. The molecule has 0 amide bonds. The molecule has 2 heterocycles. The molecule has 0 fully saturated rings. The van der Waals surface area contributed by atoms with Crippen LogP contribution in [0, 0.1) is 6.92 Å². The number of methoxy groups -OCH3 is 1. The Balaban J connectivity index is 2.12. The Kier molecular flexibility index (Phi) is 3.70. The number of carbonyl (C=O) groups excluding carboxylic acids is 1. The van der Waals surface area contributed by atoms with Gasteiger partial charge in [-0.05, 0) is 30.7 Å². The molecule has 0 atom stereocenters. The van der Waals surface area contributed by atoms with Crippen LogP contribution < -0.4 is 0 Å². The molecular weight excluding hydrogens is 336 g/mol. The molecule has 25 heavy (non-hydrogen) atoms. The molecule has 0 saturated carbocycles. The molecule has 124 valence electrons. The molecule has 0 spiro atoms. The fraction of sp³-hybridized carbons (Fsp3) is 0.100. The summed E-state index contributed by atoms with van der Waals surface area (Å²) in [6.07, 6.45) is 0. The summed E-state index contributed by atoms with van der Waals surface area (Å²) in [4.78, 5) is 20.1. The van der Waals surface area contributed by atoms with Crippen molar-refractivity contribution in [1.82, 2.24) is 9.97 Å². The number of rotatable bonds is 2. The zero-order valence-corrected chi connectivity index (χ0v) is 14.5. The van der Waals surface area contributed by atoms with E-state index in [0.29, 0.717) is 10.7 Å². The van der Waals surface area contributed by atoms with E-state index in [1.54, 1.807) is 6.07 Å². The average Bonchev–Trinajstić information content (AvgIpc) is 3.01. The number of aryl methyl sites for hydroxylation is 1. The summed E-state index contributed by atoms with van der Waals surface area (Å²) in [6, 6.07) is 15.3. The van der Waals surface area contributed by atoms with Crippen LogP contribution in [0.1, 0.15) is 16.1 Å². The Morgan fingerprint density at radius 1 is 1.08 bits per heavy atom. The Hall–Kier alpha value is -2.85. The number of ether oxygens (including phenoxy) is 1. The molecule has 0 unspecified atom stereocenters. The number of nitrogens with one attached hydrogen (secondary N) is 1. The molecule has 0 saturated heterocycles. The number of H-pyrrole nitrogens is 1. The minimum atomic E-state index is -0.459. The molecular formula is C20H15ClN2O2. The van der Waals surface area contributed by atoms with Crippen molar-refractivity contribution in [2.45, 2.75) is 6.92 Å². The maximum Gasteiger partial charge on any atom is 0.356 e. The summed E-state index contributed by atoms with van der Waals surface area (Å²) in [7, 11) is 1.36. The van der Waals surface area contributed by atoms with E-state index in [2.05, 4.69) is 9.97 Å². The van der Waals surface area contributed by atoms with Gasteiger partial charge in [0, 0.05) is 26.9 Å². The van der Waals surface area contributed by atoms with Crippen LogP contribution in [0.5, 0.6) is 0 Å². The number of aromatic nitrogens is 2. The summed E-state index contributed by atoms with van der Waals surface area (Å²) in [5.74, 6) is -0.459. The Morgan fingerprint density at radius 2 is 1.84 bits per heavy atom. The highest BCUT2D eigenvalue weighted by Gasteiger charge is 2.17. The molecule has 1 N–H and O–H groups in total. The van der Waals surface area contributed by atoms with E-state index in [1.807, 2.05) is 49.4 Å². The summed E-state index contributed by atoms with van der Waals surface area (Å²) < 4.78 is 4.87. The van der Waals surface area contributed by atoms with Crippen molar-refractivity contribution in [1.29, 1.82) is 0 Å². The summed E-state index contributed by atoms with van der Waals surface area (Å²) in [5, 5.41) is 2.65. The van der Waals surface area contributed by atoms with Crippen molar-refractivity contribution in [3.63, 3.8) is 0 Å². The third-order valence-corrected chi connectivity index (χ3v) is 4.60. The first-order valence-corrected chi connectivity index (χ1v) is 8.22. The Labute approximate surface area is 149 Å². The van der Waals surface area contributed by atoms with Gasteiger partial charge in [0.05, 0.1) is 18.3 Å². The smallest absolute Gasteiger partial charge is 0.356 e. The molecule has 0 radical (unpaired) electrons. The molecule has 0 aliphatic rings. The monoisotopic (exact) mass is 350 g/mol. The van der Waals surface area contributed by atoms with Crippen LogP contribution >= 0.6 is 11.6 Å². The van der Waals surface area contributed by atoms with Gasteiger partial charge < -0.3 is 9.72 Å². The van der Waals surface area contributed by atoms with Gasteiger partial charge in [0.2, 0.25) is 0 Å². The highest BCUT2D eigenvalue weighted by molar-refractivity contribution is 6.30. The maximum atomic E-state index is 12.1. The van der Waals surface area contributed by atoms with Crippen molar-refractivity contribution in [3.8, 4) is 11.3 Å². The lowest BCUT2D eigenvalue weighted by atomic mass is 10.1. The van der Waals surface area contributed by atoms with Gasteiger partial charge >= 0.3 is 5.97 Å². The van der Waals surface area contributed by atoms with Crippen LogP contribution in [0.2, 0.25) is 5.02 Å². The second-order valence-electron chi connectivity index (χ2n) is 5.90. The van der Waals surface area contributed by atoms with Crippen LogP contribution in [0.4, 0.5) is 0 Å². The molecule has 2 aromatic carbocycles.